The van der Waals surface area contributed by atoms with E-state index in [-0.39, 0.29) is 0 Å². The average molecular weight is 310 g/mol. The van der Waals surface area contributed by atoms with E-state index >= 15 is 0 Å². The molecule has 0 aromatic heterocycles. The number of benzene rings is 1. The van der Waals surface area contributed by atoms with Crippen LogP contribution in [0.1, 0.15) is 39.5 Å². The van der Waals surface area contributed by atoms with E-state index < -0.39 is 10.0 Å². The van der Waals surface area contributed by atoms with Crippen LogP contribution in [0.25, 0.3) is 0 Å². The van der Waals surface area contributed by atoms with Gasteiger partial charge in [0.25, 0.3) is 0 Å². The Morgan fingerprint density at radius 2 is 1.71 bits per heavy atom. The number of rotatable bonds is 4. The summed E-state index contributed by atoms with van der Waals surface area (Å²) in [5, 5.41) is 3.44. The van der Waals surface area contributed by atoms with Gasteiger partial charge in [0.05, 0.1) is 5.69 Å². The summed E-state index contributed by atoms with van der Waals surface area (Å²) < 4.78 is 26.0. The minimum atomic E-state index is -3.41. The van der Waals surface area contributed by atoms with E-state index in [2.05, 4.69) is 19.2 Å². The lowest BCUT2D eigenvalue weighted by Crippen LogP contribution is -2.31. The van der Waals surface area contributed by atoms with Crippen LogP contribution in [0.5, 0.6) is 0 Å². The maximum atomic E-state index is 12.4. The van der Waals surface area contributed by atoms with Crippen LogP contribution >= 0.6 is 0 Å². The fourth-order valence-electron chi connectivity index (χ4n) is 2.77. The molecule has 1 fully saturated rings. The summed E-state index contributed by atoms with van der Waals surface area (Å²) in [5.74, 6) is 0. The molecule has 1 aliphatic rings. The summed E-state index contributed by atoms with van der Waals surface area (Å²) in [4.78, 5) is 0.361. The second-order valence-electron chi connectivity index (χ2n) is 6.87. The first-order valence-electron chi connectivity index (χ1n) is 7.50. The van der Waals surface area contributed by atoms with Gasteiger partial charge in [0.1, 0.15) is 4.90 Å². The number of nitrogens with one attached hydrogen (secondary N) is 1. The zero-order chi connectivity index (χ0) is 15.7. The third kappa shape index (κ3) is 3.77. The Bertz CT molecular complexity index is 584. The number of hydrogen-bond acceptors (Lipinski definition) is 3. The van der Waals surface area contributed by atoms with E-state index in [0.717, 1.165) is 18.5 Å². The van der Waals surface area contributed by atoms with Crippen molar-refractivity contribution in [3.05, 3.63) is 24.3 Å². The van der Waals surface area contributed by atoms with Gasteiger partial charge in [-0.3, -0.25) is 0 Å². The third-order valence-corrected chi connectivity index (χ3v) is 6.22. The molecule has 5 heteroatoms. The van der Waals surface area contributed by atoms with Gasteiger partial charge in [-0.1, -0.05) is 26.0 Å². The maximum absolute atomic E-state index is 12.4. The van der Waals surface area contributed by atoms with Crippen molar-refractivity contribution in [3.8, 4) is 0 Å². The van der Waals surface area contributed by atoms with Crippen LogP contribution in [0, 0.1) is 5.41 Å². The molecule has 1 aromatic rings. The average Bonchev–Trinajstić information content (AvgIpc) is 2.41. The van der Waals surface area contributed by atoms with Crippen LogP contribution < -0.4 is 5.32 Å². The highest BCUT2D eigenvalue weighted by atomic mass is 32.2. The predicted octanol–water partition coefficient (Wildman–Crippen LogP) is 3.32. The van der Waals surface area contributed by atoms with E-state index in [0.29, 0.717) is 16.4 Å². The van der Waals surface area contributed by atoms with Crippen LogP contribution in [-0.2, 0) is 10.0 Å². The van der Waals surface area contributed by atoms with Gasteiger partial charge in [0, 0.05) is 20.1 Å². The third-order valence-electron chi connectivity index (χ3n) is 4.34. The maximum Gasteiger partial charge on any atom is 0.244 e. The Kier molecular flexibility index (Phi) is 4.63. The number of para-hydroxylation sites is 1. The smallest absolute Gasteiger partial charge is 0.244 e. The molecule has 0 radical (unpaired) electrons. The van der Waals surface area contributed by atoms with Crippen molar-refractivity contribution in [2.24, 2.45) is 5.41 Å². The lowest BCUT2D eigenvalue weighted by Gasteiger charge is -2.35. The largest absolute Gasteiger partial charge is 0.381 e. The van der Waals surface area contributed by atoms with Crippen molar-refractivity contribution < 1.29 is 8.42 Å². The van der Waals surface area contributed by atoms with Crippen molar-refractivity contribution >= 4 is 15.7 Å². The van der Waals surface area contributed by atoms with E-state index in [9.17, 15) is 8.42 Å². The second kappa shape index (κ2) is 5.97. The number of nitrogens with zero attached hydrogens (tertiary/aromatic N) is 1. The molecule has 0 atom stereocenters. The molecule has 0 saturated heterocycles. The Balaban J connectivity index is 2.19. The summed E-state index contributed by atoms with van der Waals surface area (Å²) in [7, 11) is -0.281. The van der Waals surface area contributed by atoms with E-state index in [1.165, 1.54) is 17.1 Å². The van der Waals surface area contributed by atoms with E-state index in [1.807, 2.05) is 12.1 Å². The Morgan fingerprint density at radius 1 is 1.14 bits per heavy atom. The second-order valence-corrected chi connectivity index (χ2v) is 8.99. The van der Waals surface area contributed by atoms with Crippen LogP contribution in [0.3, 0.4) is 0 Å². The molecule has 118 valence electrons. The molecule has 0 spiro atoms. The van der Waals surface area contributed by atoms with Crippen LogP contribution in [0.4, 0.5) is 5.69 Å². The summed E-state index contributed by atoms with van der Waals surface area (Å²) in [6.45, 7) is 4.60. The summed E-state index contributed by atoms with van der Waals surface area (Å²) in [5.41, 5.74) is 1.13. The molecule has 0 aliphatic heterocycles. The summed E-state index contributed by atoms with van der Waals surface area (Å²) in [6.07, 6.45) is 4.52. The number of hydrogen-bond donors (Lipinski definition) is 1. The first-order valence-corrected chi connectivity index (χ1v) is 8.94. The molecule has 0 heterocycles. The Hall–Kier alpha value is -1.07. The minimum Gasteiger partial charge on any atom is -0.381 e. The Morgan fingerprint density at radius 3 is 2.29 bits per heavy atom. The van der Waals surface area contributed by atoms with Gasteiger partial charge in [-0.25, -0.2) is 12.7 Å². The van der Waals surface area contributed by atoms with Crippen LogP contribution in [0.2, 0.25) is 0 Å². The van der Waals surface area contributed by atoms with Crippen molar-refractivity contribution in [2.75, 3.05) is 19.4 Å². The van der Waals surface area contributed by atoms with Crippen molar-refractivity contribution in [1.82, 2.24) is 4.31 Å². The predicted molar refractivity (Wildman–Crippen MR) is 87.0 cm³/mol. The molecule has 1 saturated carbocycles. The van der Waals surface area contributed by atoms with Crippen molar-refractivity contribution in [2.45, 2.75) is 50.5 Å². The summed E-state index contributed by atoms with van der Waals surface area (Å²) >= 11 is 0. The van der Waals surface area contributed by atoms with Crippen molar-refractivity contribution in [3.63, 3.8) is 0 Å². The quantitative estimate of drug-likeness (QED) is 0.928. The molecule has 21 heavy (non-hydrogen) atoms. The normalized spacial score (nSPS) is 19.7. The van der Waals surface area contributed by atoms with Gasteiger partial charge in [0.2, 0.25) is 10.0 Å². The monoisotopic (exact) mass is 310 g/mol. The highest BCUT2D eigenvalue weighted by molar-refractivity contribution is 7.89. The number of sulfonamides is 1. The highest BCUT2D eigenvalue weighted by Gasteiger charge is 2.28. The lowest BCUT2D eigenvalue weighted by molar-refractivity contribution is 0.232. The molecule has 0 amide bonds. The van der Waals surface area contributed by atoms with E-state index in [1.54, 1.807) is 26.2 Å². The van der Waals surface area contributed by atoms with Gasteiger partial charge in [-0.2, -0.15) is 0 Å². The molecule has 1 N–H and O–H groups in total. The SMILES string of the molecule is CN(C)S(=O)(=O)c1ccccc1NC1CCC(C)(C)CC1. The van der Waals surface area contributed by atoms with Gasteiger partial charge < -0.3 is 5.32 Å². The lowest BCUT2D eigenvalue weighted by atomic mass is 9.75. The minimum absolute atomic E-state index is 0.358. The first kappa shape index (κ1) is 16.3. The van der Waals surface area contributed by atoms with Crippen LogP contribution in [0.15, 0.2) is 29.2 Å². The molecule has 4 nitrogen and oxygen atoms in total. The zero-order valence-corrected chi connectivity index (χ0v) is 14.2. The molecule has 1 aliphatic carbocycles. The Labute approximate surface area is 128 Å². The van der Waals surface area contributed by atoms with Crippen molar-refractivity contribution in [1.29, 1.82) is 0 Å². The van der Waals surface area contributed by atoms with E-state index in [4.69, 9.17) is 0 Å². The van der Waals surface area contributed by atoms with Gasteiger partial charge in [0.15, 0.2) is 0 Å². The highest BCUT2D eigenvalue weighted by Crippen LogP contribution is 2.36. The molecular weight excluding hydrogens is 284 g/mol. The zero-order valence-electron chi connectivity index (χ0n) is 13.4. The topological polar surface area (TPSA) is 49.4 Å². The molecule has 0 unspecified atom stereocenters. The summed E-state index contributed by atoms with van der Waals surface area (Å²) in [6, 6.07) is 7.53. The molecule has 2 rings (SSSR count). The molecule has 1 aromatic carbocycles. The standard InChI is InChI=1S/C16H26N2O2S/c1-16(2)11-9-13(10-12-16)17-14-7-5-6-8-15(14)21(19,20)18(3)4/h5-8,13,17H,9-12H2,1-4H3. The van der Waals surface area contributed by atoms with Gasteiger partial charge in [-0.15, -0.1) is 0 Å². The number of anilines is 1. The van der Waals surface area contributed by atoms with Crippen LogP contribution in [-0.4, -0.2) is 32.9 Å². The fourth-order valence-corrected chi connectivity index (χ4v) is 3.82. The molecular formula is C16H26N2O2S. The van der Waals surface area contributed by atoms with Gasteiger partial charge >= 0.3 is 0 Å². The van der Waals surface area contributed by atoms with Gasteiger partial charge in [-0.05, 0) is 43.2 Å². The fraction of sp³-hybridized carbons (Fsp3) is 0.625. The molecule has 0 bridgehead atoms. The first-order chi connectivity index (χ1) is 9.72.